The molecule has 22 heavy (non-hydrogen) atoms. The summed E-state index contributed by atoms with van der Waals surface area (Å²) in [6.07, 6.45) is 9.75. The van der Waals surface area contributed by atoms with Gasteiger partial charge in [0.1, 0.15) is 0 Å². The van der Waals surface area contributed by atoms with Crippen LogP contribution in [0.3, 0.4) is 0 Å². The molecule has 0 aliphatic heterocycles. The van der Waals surface area contributed by atoms with Crippen LogP contribution in [0.25, 0.3) is 0 Å². The lowest BCUT2D eigenvalue weighted by atomic mass is 9.87. The van der Waals surface area contributed by atoms with Crippen molar-refractivity contribution in [3.8, 4) is 0 Å². The molecule has 0 heterocycles. The van der Waals surface area contributed by atoms with Gasteiger partial charge in [0.2, 0.25) is 5.91 Å². The van der Waals surface area contributed by atoms with Crippen LogP contribution in [0.15, 0.2) is 4.99 Å². The first kappa shape index (κ1) is 19.5. The third-order valence-electron chi connectivity index (χ3n) is 4.42. The van der Waals surface area contributed by atoms with Gasteiger partial charge in [-0.15, -0.1) is 24.0 Å². The summed E-state index contributed by atoms with van der Waals surface area (Å²) in [4.78, 5) is 16.0. The van der Waals surface area contributed by atoms with Gasteiger partial charge in [0.25, 0.3) is 0 Å². The fourth-order valence-corrected chi connectivity index (χ4v) is 2.89. The number of halogens is 1. The van der Waals surface area contributed by atoms with Crippen molar-refractivity contribution in [1.82, 2.24) is 16.0 Å². The molecule has 1 amide bonds. The maximum atomic E-state index is 11.9. The topological polar surface area (TPSA) is 65.5 Å². The van der Waals surface area contributed by atoms with Gasteiger partial charge in [-0.1, -0.05) is 19.3 Å². The third-order valence-corrected chi connectivity index (χ3v) is 4.42. The van der Waals surface area contributed by atoms with Crippen LogP contribution in [0.4, 0.5) is 0 Å². The van der Waals surface area contributed by atoms with Crippen LogP contribution in [-0.2, 0) is 4.79 Å². The number of carbonyl (C=O) groups excluding carboxylic acids is 1. The maximum Gasteiger partial charge on any atom is 0.220 e. The number of guanidine groups is 1. The molecule has 2 rings (SSSR count). The van der Waals surface area contributed by atoms with E-state index in [1.807, 2.05) is 0 Å². The van der Waals surface area contributed by atoms with Crippen molar-refractivity contribution in [2.45, 2.75) is 51.4 Å². The first-order valence-electron chi connectivity index (χ1n) is 8.49. The Labute approximate surface area is 151 Å². The highest BCUT2D eigenvalue weighted by Crippen LogP contribution is 2.27. The van der Waals surface area contributed by atoms with E-state index in [2.05, 4.69) is 20.9 Å². The van der Waals surface area contributed by atoms with E-state index in [-0.39, 0.29) is 29.9 Å². The van der Waals surface area contributed by atoms with Crippen LogP contribution in [-0.4, -0.2) is 38.5 Å². The van der Waals surface area contributed by atoms with Gasteiger partial charge < -0.3 is 16.0 Å². The highest BCUT2D eigenvalue weighted by atomic mass is 127. The molecular weight excluding hydrogens is 391 g/mol. The number of amides is 1. The second-order valence-electron chi connectivity index (χ2n) is 6.38. The molecule has 5 nitrogen and oxygen atoms in total. The third kappa shape index (κ3) is 8.19. The van der Waals surface area contributed by atoms with Crippen molar-refractivity contribution in [3.05, 3.63) is 0 Å². The van der Waals surface area contributed by atoms with Crippen LogP contribution in [0, 0.1) is 11.8 Å². The van der Waals surface area contributed by atoms with Crippen LogP contribution in [0.1, 0.15) is 51.4 Å². The van der Waals surface area contributed by atoms with E-state index >= 15 is 0 Å². The van der Waals surface area contributed by atoms with Gasteiger partial charge in [-0.05, 0) is 37.5 Å². The lowest BCUT2D eigenvalue weighted by molar-refractivity contribution is -0.122. The zero-order chi connectivity index (χ0) is 14.9. The number of hydrogen-bond acceptors (Lipinski definition) is 2. The Kier molecular flexibility index (Phi) is 9.82. The minimum Gasteiger partial charge on any atom is -0.356 e. The van der Waals surface area contributed by atoms with E-state index in [4.69, 9.17) is 0 Å². The van der Waals surface area contributed by atoms with Crippen LogP contribution >= 0.6 is 24.0 Å². The quantitative estimate of drug-likeness (QED) is 0.255. The molecule has 0 unspecified atom stereocenters. The molecule has 0 aromatic rings. The molecule has 3 N–H and O–H groups in total. The first-order chi connectivity index (χ1) is 10.3. The summed E-state index contributed by atoms with van der Waals surface area (Å²) < 4.78 is 0. The van der Waals surface area contributed by atoms with Crippen LogP contribution in [0.2, 0.25) is 0 Å². The molecule has 0 spiro atoms. The van der Waals surface area contributed by atoms with Crippen LogP contribution in [0.5, 0.6) is 0 Å². The normalized spacial score (nSPS) is 19.2. The standard InChI is InChI=1S/C16H30N4O.HI/c1-17-16(20-12-14-7-8-14)19-10-9-18-15(21)11-13-5-3-2-4-6-13;/h13-14H,2-12H2,1H3,(H,18,21)(H2,17,19,20);1H. The van der Waals surface area contributed by atoms with Gasteiger partial charge in [0.05, 0.1) is 0 Å². The molecule has 0 aromatic heterocycles. The molecule has 0 aromatic carbocycles. The second-order valence-corrected chi connectivity index (χ2v) is 6.38. The van der Waals surface area contributed by atoms with E-state index in [1.165, 1.54) is 44.9 Å². The Balaban J connectivity index is 0.00000242. The molecule has 2 aliphatic carbocycles. The smallest absolute Gasteiger partial charge is 0.220 e. The van der Waals surface area contributed by atoms with Crippen molar-refractivity contribution in [2.24, 2.45) is 16.8 Å². The van der Waals surface area contributed by atoms with Crippen molar-refractivity contribution < 1.29 is 4.79 Å². The van der Waals surface area contributed by atoms with E-state index in [1.54, 1.807) is 7.05 Å². The summed E-state index contributed by atoms with van der Waals surface area (Å²) in [7, 11) is 1.78. The molecular formula is C16H31IN4O. The minimum atomic E-state index is 0. The van der Waals surface area contributed by atoms with Gasteiger partial charge in [-0.2, -0.15) is 0 Å². The van der Waals surface area contributed by atoms with E-state index in [9.17, 15) is 4.79 Å². The Morgan fingerprint density at radius 2 is 1.64 bits per heavy atom. The van der Waals surface area contributed by atoms with E-state index in [0.717, 1.165) is 25.0 Å². The Morgan fingerprint density at radius 3 is 2.27 bits per heavy atom. The predicted octanol–water partition coefficient (Wildman–Crippen LogP) is 2.27. The summed E-state index contributed by atoms with van der Waals surface area (Å²) in [6, 6.07) is 0. The zero-order valence-corrected chi connectivity index (χ0v) is 16.0. The molecule has 2 aliphatic rings. The lowest BCUT2D eigenvalue weighted by Gasteiger charge is -2.20. The highest BCUT2D eigenvalue weighted by molar-refractivity contribution is 14.0. The summed E-state index contributed by atoms with van der Waals surface area (Å²) in [6.45, 7) is 2.39. The summed E-state index contributed by atoms with van der Waals surface area (Å²) >= 11 is 0. The average Bonchev–Trinajstić information content (AvgIpc) is 3.32. The summed E-state index contributed by atoms with van der Waals surface area (Å²) in [5.41, 5.74) is 0. The Hall–Kier alpha value is -0.530. The molecule has 0 saturated heterocycles. The molecule has 6 heteroatoms. The second kappa shape index (κ2) is 11.1. The monoisotopic (exact) mass is 422 g/mol. The molecule has 0 radical (unpaired) electrons. The van der Waals surface area contributed by atoms with E-state index < -0.39 is 0 Å². The van der Waals surface area contributed by atoms with Gasteiger partial charge in [0, 0.05) is 33.1 Å². The van der Waals surface area contributed by atoms with Crippen molar-refractivity contribution in [1.29, 1.82) is 0 Å². The van der Waals surface area contributed by atoms with Gasteiger partial charge in [0.15, 0.2) is 5.96 Å². The summed E-state index contributed by atoms with van der Waals surface area (Å²) in [5.74, 6) is 2.48. The van der Waals surface area contributed by atoms with Crippen LogP contribution < -0.4 is 16.0 Å². The highest BCUT2D eigenvalue weighted by Gasteiger charge is 2.21. The molecule has 128 valence electrons. The van der Waals surface area contributed by atoms with Crippen molar-refractivity contribution >= 4 is 35.8 Å². The fourth-order valence-electron chi connectivity index (χ4n) is 2.89. The largest absolute Gasteiger partial charge is 0.356 e. The summed E-state index contributed by atoms with van der Waals surface area (Å²) in [5, 5.41) is 9.55. The van der Waals surface area contributed by atoms with Gasteiger partial charge in [-0.3, -0.25) is 9.79 Å². The minimum absolute atomic E-state index is 0. The van der Waals surface area contributed by atoms with Crippen molar-refractivity contribution in [3.63, 3.8) is 0 Å². The number of aliphatic imine (C=N–C) groups is 1. The average molecular weight is 422 g/mol. The Bertz CT molecular complexity index is 352. The number of nitrogens with zero attached hydrogens (tertiary/aromatic N) is 1. The number of carbonyl (C=O) groups is 1. The predicted molar refractivity (Wildman–Crippen MR) is 102 cm³/mol. The van der Waals surface area contributed by atoms with E-state index in [0.29, 0.717) is 18.9 Å². The number of hydrogen-bond donors (Lipinski definition) is 3. The maximum absolute atomic E-state index is 11.9. The molecule has 0 atom stereocenters. The zero-order valence-electron chi connectivity index (χ0n) is 13.7. The van der Waals surface area contributed by atoms with Gasteiger partial charge in [-0.25, -0.2) is 0 Å². The molecule has 2 saturated carbocycles. The molecule has 0 bridgehead atoms. The van der Waals surface area contributed by atoms with Gasteiger partial charge >= 0.3 is 0 Å². The number of rotatable bonds is 7. The molecule has 2 fully saturated rings. The van der Waals surface area contributed by atoms with Crippen molar-refractivity contribution in [2.75, 3.05) is 26.7 Å². The first-order valence-corrected chi connectivity index (χ1v) is 8.49. The lowest BCUT2D eigenvalue weighted by Crippen LogP contribution is -2.42. The SMILES string of the molecule is CN=C(NCCNC(=O)CC1CCCCC1)NCC1CC1.I. The fraction of sp³-hybridized carbons (Fsp3) is 0.875. The Morgan fingerprint density at radius 1 is 0.955 bits per heavy atom. The number of nitrogens with one attached hydrogen (secondary N) is 3.